The topological polar surface area (TPSA) is 41.6 Å². The minimum absolute atomic E-state index is 0.0287. The number of urea groups is 1. The van der Waals surface area contributed by atoms with E-state index in [1.54, 1.807) is 12.1 Å². The van der Waals surface area contributed by atoms with Gasteiger partial charge in [-0.05, 0) is 55.7 Å². The number of benzene rings is 1. The largest absolute Gasteiger partial charge is 0.381 e. The molecule has 4 nitrogen and oxygen atoms in total. The van der Waals surface area contributed by atoms with E-state index in [9.17, 15) is 9.18 Å². The van der Waals surface area contributed by atoms with Gasteiger partial charge in [-0.25, -0.2) is 9.18 Å². The highest BCUT2D eigenvalue weighted by molar-refractivity contribution is 5.74. The van der Waals surface area contributed by atoms with E-state index in [2.05, 4.69) is 5.32 Å². The van der Waals surface area contributed by atoms with Crippen LogP contribution in [-0.2, 0) is 11.3 Å². The first-order chi connectivity index (χ1) is 11.2. The molecule has 5 heteroatoms. The van der Waals surface area contributed by atoms with Crippen LogP contribution in [0.4, 0.5) is 9.18 Å². The van der Waals surface area contributed by atoms with Gasteiger partial charge in [0.25, 0.3) is 0 Å². The highest BCUT2D eigenvalue weighted by atomic mass is 19.1. The monoisotopic (exact) mass is 320 g/mol. The summed E-state index contributed by atoms with van der Waals surface area (Å²) in [4.78, 5) is 14.2. The maximum atomic E-state index is 13.0. The number of ether oxygens (including phenoxy) is 1. The summed E-state index contributed by atoms with van der Waals surface area (Å²) >= 11 is 0. The second kappa shape index (κ2) is 7.77. The van der Waals surface area contributed by atoms with E-state index < -0.39 is 0 Å². The third-order valence-corrected chi connectivity index (χ3v) is 4.31. The molecule has 2 amide bonds. The number of nitrogens with one attached hydrogen (secondary N) is 1. The van der Waals surface area contributed by atoms with Gasteiger partial charge in [-0.1, -0.05) is 12.1 Å². The van der Waals surface area contributed by atoms with Crippen molar-refractivity contribution in [2.45, 2.75) is 44.7 Å². The van der Waals surface area contributed by atoms with Crippen LogP contribution < -0.4 is 5.32 Å². The van der Waals surface area contributed by atoms with Gasteiger partial charge in [0.05, 0.1) is 0 Å². The van der Waals surface area contributed by atoms with Gasteiger partial charge in [0.2, 0.25) is 0 Å². The molecule has 0 radical (unpaired) electrons. The van der Waals surface area contributed by atoms with Crippen molar-refractivity contribution < 1.29 is 13.9 Å². The molecule has 2 aliphatic rings. The minimum Gasteiger partial charge on any atom is -0.381 e. The number of hydrogen-bond donors (Lipinski definition) is 1. The molecule has 2 aliphatic carbocycles. The van der Waals surface area contributed by atoms with Crippen molar-refractivity contribution in [1.29, 1.82) is 0 Å². The molecule has 1 aromatic carbocycles. The first-order valence-electron chi connectivity index (χ1n) is 8.59. The molecule has 126 valence electrons. The molecular formula is C18H25FN2O2. The van der Waals surface area contributed by atoms with Crippen LogP contribution >= 0.6 is 0 Å². The Labute approximate surface area is 137 Å². The van der Waals surface area contributed by atoms with Gasteiger partial charge < -0.3 is 15.0 Å². The van der Waals surface area contributed by atoms with Gasteiger partial charge in [0.1, 0.15) is 5.82 Å². The second-order valence-electron chi connectivity index (χ2n) is 6.59. The smallest absolute Gasteiger partial charge is 0.317 e. The number of carbonyl (C=O) groups excluding carboxylic acids is 1. The summed E-state index contributed by atoms with van der Waals surface area (Å²) in [6.07, 6.45) is 5.55. The number of carbonyl (C=O) groups is 1. The summed E-state index contributed by atoms with van der Waals surface area (Å²) in [6.45, 7) is 2.75. The third kappa shape index (κ3) is 5.50. The molecular weight excluding hydrogens is 295 g/mol. The zero-order chi connectivity index (χ0) is 16.1. The fraction of sp³-hybridized carbons (Fsp3) is 0.611. The van der Waals surface area contributed by atoms with Crippen molar-refractivity contribution in [2.75, 3.05) is 19.8 Å². The third-order valence-electron chi connectivity index (χ3n) is 4.31. The maximum absolute atomic E-state index is 13.0. The van der Waals surface area contributed by atoms with Crippen molar-refractivity contribution in [3.63, 3.8) is 0 Å². The predicted octanol–water partition coefficient (Wildman–Crippen LogP) is 3.32. The lowest BCUT2D eigenvalue weighted by Crippen LogP contribution is -2.41. The van der Waals surface area contributed by atoms with E-state index in [-0.39, 0.29) is 11.8 Å². The zero-order valence-electron chi connectivity index (χ0n) is 13.5. The fourth-order valence-corrected chi connectivity index (χ4v) is 2.55. The van der Waals surface area contributed by atoms with Gasteiger partial charge >= 0.3 is 6.03 Å². The van der Waals surface area contributed by atoms with Crippen LogP contribution in [0.3, 0.4) is 0 Å². The Morgan fingerprint density at radius 1 is 1.22 bits per heavy atom. The van der Waals surface area contributed by atoms with E-state index in [0.717, 1.165) is 37.4 Å². The Morgan fingerprint density at radius 3 is 2.61 bits per heavy atom. The van der Waals surface area contributed by atoms with Crippen molar-refractivity contribution in [2.24, 2.45) is 5.92 Å². The quantitative estimate of drug-likeness (QED) is 0.709. The maximum Gasteiger partial charge on any atom is 0.317 e. The molecule has 2 saturated carbocycles. The molecule has 0 bridgehead atoms. The number of amides is 2. The molecule has 0 atom stereocenters. The van der Waals surface area contributed by atoms with Crippen LogP contribution in [-0.4, -0.2) is 36.7 Å². The van der Waals surface area contributed by atoms with Crippen LogP contribution in [0.1, 0.15) is 37.7 Å². The number of hydrogen-bond acceptors (Lipinski definition) is 2. The van der Waals surface area contributed by atoms with Crippen molar-refractivity contribution in [3.05, 3.63) is 35.6 Å². The molecule has 0 saturated heterocycles. The van der Waals surface area contributed by atoms with Gasteiger partial charge in [-0.3, -0.25) is 0 Å². The summed E-state index contributed by atoms with van der Waals surface area (Å²) in [5.41, 5.74) is 0.959. The van der Waals surface area contributed by atoms with Crippen LogP contribution in [0.15, 0.2) is 24.3 Å². The molecule has 2 fully saturated rings. The van der Waals surface area contributed by atoms with E-state index in [0.29, 0.717) is 25.7 Å². The molecule has 0 aliphatic heterocycles. The average molecular weight is 320 g/mol. The van der Waals surface area contributed by atoms with Crippen molar-refractivity contribution in [1.82, 2.24) is 10.2 Å². The summed E-state index contributed by atoms with van der Waals surface area (Å²) in [6, 6.07) is 6.66. The van der Waals surface area contributed by atoms with E-state index in [1.807, 2.05) is 4.90 Å². The predicted molar refractivity (Wildman–Crippen MR) is 86.5 cm³/mol. The Morgan fingerprint density at radius 2 is 1.96 bits per heavy atom. The van der Waals surface area contributed by atoms with E-state index in [4.69, 9.17) is 4.74 Å². The summed E-state index contributed by atoms with van der Waals surface area (Å²) in [5, 5.41) is 2.97. The van der Waals surface area contributed by atoms with Crippen LogP contribution in [0.5, 0.6) is 0 Å². The SMILES string of the molecule is O=C(NCCCOCC1CC1)N(Cc1ccc(F)cc1)C1CC1. The van der Waals surface area contributed by atoms with Gasteiger partial charge in [-0.15, -0.1) is 0 Å². The first-order valence-corrected chi connectivity index (χ1v) is 8.59. The summed E-state index contributed by atoms with van der Waals surface area (Å²) in [5.74, 6) is 0.535. The second-order valence-corrected chi connectivity index (χ2v) is 6.59. The fourth-order valence-electron chi connectivity index (χ4n) is 2.55. The molecule has 1 aromatic rings. The van der Waals surface area contributed by atoms with E-state index in [1.165, 1.54) is 25.0 Å². The molecule has 3 rings (SSSR count). The Balaban J connectivity index is 1.38. The molecule has 23 heavy (non-hydrogen) atoms. The standard InChI is InChI=1S/C18H25FN2O2/c19-16-6-4-14(5-7-16)12-21(17-8-9-17)18(22)20-10-1-11-23-13-15-2-3-15/h4-7,15,17H,1-3,8-13H2,(H,20,22). The van der Waals surface area contributed by atoms with Crippen molar-refractivity contribution in [3.8, 4) is 0 Å². The summed E-state index contributed by atoms with van der Waals surface area (Å²) < 4.78 is 18.5. The van der Waals surface area contributed by atoms with E-state index >= 15 is 0 Å². The number of halogens is 1. The highest BCUT2D eigenvalue weighted by Gasteiger charge is 2.32. The normalized spacial score (nSPS) is 17.1. The zero-order valence-corrected chi connectivity index (χ0v) is 13.5. The Bertz CT molecular complexity index is 512. The Kier molecular flexibility index (Phi) is 5.49. The van der Waals surface area contributed by atoms with Gasteiger partial charge in [-0.2, -0.15) is 0 Å². The molecule has 0 heterocycles. The van der Waals surface area contributed by atoms with Crippen LogP contribution in [0, 0.1) is 11.7 Å². The Hall–Kier alpha value is -1.62. The lowest BCUT2D eigenvalue weighted by molar-refractivity contribution is 0.121. The molecule has 0 spiro atoms. The first kappa shape index (κ1) is 16.2. The van der Waals surface area contributed by atoms with Crippen molar-refractivity contribution >= 4 is 6.03 Å². The van der Waals surface area contributed by atoms with Gasteiger partial charge in [0, 0.05) is 32.3 Å². The minimum atomic E-state index is -0.248. The molecule has 1 N–H and O–H groups in total. The van der Waals surface area contributed by atoms with Crippen LogP contribution in [0.25, 0.3) is 0 Å². The summed E-state index contributed by atoms with van der Waals surface area (Å²) in [7, 11) is 0. The lowest BCUT2D eigenvalue weighted by Gasteiger charge is -2.23. The highest BCUT2D eigenvalue weighted by Crippen LogP contribution is 2.29. The lowest BCUT2D eigenvalue weighted by atomic mass is 10.2. The molecule has 0 unspecified atom stereocenters. The van der Waals surface area contributed by atoms with Crippen LogP contribution in [0.2, 0.25) is 0 Å². The van der Waals surface area contributed by atoms with Gasteiger partial charge in [0.15, 0.2) is 0 Å². The molecule has 0 aromatic heterocycles. The average Bonchev–Trinajstić information content (AvgIpc) is 3.44. The number of nitrogens with zero attached hydrogens (tertiary/aromatic N) is 1. The number of rotatable bonds is 9.